The second kappa shape index (κ2) is 24.3. The molecule has 0 amide bonds. The minimum atomic E-state index is -3.96. The van der Waals surface area contributed by atoms with Gasteiger partial charge in [-0.3, -0.25) is 0 Å². The third-order valence-corrected chi connectivity index (χ3v) is 11.8. The first kappa shape index (κ1) is 63.5. The summed E-state index contributed by atoms with van der Waals surface area (Å²) >= 11 is 0. The standard InChI is InChI=1S/2C18BF15.C14H11N3/c2*20-4-1(5(21)11(27)16(32)10(4)26)19(2-6(22)12(28)17(33)13(29)7(2)23)3-8(24)14(30)18(34)15(31)9(3)25;1-3-7-11(8-4-1)13-14(16-17-15-13)12-9-5-2-6-10-12/h;;1-10H,(H,15,16,17). The van der Waals surface area contributed by atoms with Crippen molar-refractivity contribution in [1.82, 2.24) is 15.4 Å². The molecular formula is C50H11B2F30N3. The molecule has 35 heteroatoms. The number of hydrogen-bond acceptors (Lipinski definition) is 2. The van der Waals surface area contributed by atoms with Crippen molar-refractivity contribution in [2.75, 3.05) is 0 Å². The van der Waals surface area contributed by atoms with Crippen LogP contribution in [0.25, 0.3) is 22.5 Å². The van der Waals surface area contributed by atoms with Crippen molar-refractivity contribution < 1.29 is 132 Å². The van der Waals surface area contributed by atoms with Gasteiger partial charge in [0.25, 0.3) is 13.4 Å². The van der Waals surface area contributed by atoms with Crippen LogP contribution >= 0.6 is 0 Å². The van der Waals surface area contributed by atoms with Gasteiger partial charge in [0.1, 0.15) is 11.4 Å². The molecule has 0 saturated heterocycles. The normalized spacial score (nSPS) is 11.2. The Morgan fingerprint density at radius 1 is 0.188 bits per heavy atom. The van der Waals surface area contributed by atoms with E-state index in [9.17, 15) is 132 Å². The van der Waals surface area contributed by atoms with E-state index in [-0.39, 0.29) is 0 Å². The van der Waals surface area contributed by atoms with Crippen molar-refractivity contribution in [3.05, 3.63) is 235 Å². The molecule has 0 aliphatic heterocycles. The summed E-state index contributed by atoms with van der Waals surface area (Å²) in [5, 5.41) is 11.1. The fourth-order valence-corrected chi connectivity index (χ4v) is 7.94. The Balaban J connectivity index is 0.000000192. The van der Waals surface area contributed by atoms with Gasteiger partial charge in [0.15, 0.2) is 175 Å². The average Bonchev–Trinajstić information content (AvgIpc) is 1.54. The number of aromatic nitrogens is 3. The number of hydrogen-bond donors (Lipinski definition) is 1. The summed E-state index contributed by atoms with van der Waals surface area (Å²) in [6, 6.07) is 20.1. The number of nitrogens with one attached hydrogen (secondary N) is 1. The van der Waals surface area contributed by atoms with E-state index in [2.05, 4.69) is 15.4 Å². The minimum Gasteiger partial charge on any atom is -0.204 e. The van der Waals surface area contributed by atoms with E-state index < -0.39 is 221 Å². The van der Waals surface area contributed by atoms with E-state index in [1.807, 2.05) is 60.7 Å². The molecule has 3 nitrogen and oxygen atoms in total. The van der Waals surface area contributed by atoms with Gasteiger partial charge in [0.05, 0.1) is 0 Å². The molecule has 1 heterocycles. The van der Waals surface area contributed by atoms with Gasteiger partial charge in [-0.05, 0) is 0 Å². The highest BCUT2D eigenvalue weighted by molar-refractivity contribution is 6.96. The highest BCUT2D eigenvalue weighted by Gasteiger charge is 2.47. The lowest BCUT2D eigenvalue weighted by atomic mass is 9.36. The largest absolute Gasteiger partial charge is 0.265 e. The van der Waals surface area contributed by atoms with Crippen LogP contribution in [0, 0.1) is 175 Å². The average molecular weight is 1250 g/mol. The van der Waals surface area contributed by atoms with Crippen molar-refractivity contribution in [3.8, 4) is 22.5 Å². The van der Waals surface area contributed by atoms with E-state index in [0.717, 1.165) is 22.5 Å². The Kier molecular flexibility index (Phi) is 18.1. The van der Waals surface area contributed by atoms with Gasteiger partial charge < -0.3 is 0 Å². The zero-order valence-corrected chi connectivity index (χ0v) is 39.7. The second-order valence-corrected chi connectivity index (χ2v) is 16.5. The highest BCUT2D eigenvalue weighted by Crippen LogP contribution is 2.29. The summed E-state index contributed by atoms with van der Waals surface area (Å²) in [7, 11) is 0. The van der Waals surface area contributed by atoms with E-state index in [4.69, 9.17) is 0 Å². The topological polar surface area (TPSA) is 41.6 Å². The van der Waals surface area contributed by atoms with Gasteiger partial charge in [-0.2, -0.15) is 15.4 Å². The molecule has 0 aliphatic rings. The number of aromatic amines is 1. The van der Waals surface area contributed by atoms with Crippen LogP contribution in [0.3, 0.4) is 0 Å². The van der Waals surface area contributed by atoms with E-state index >= 15 is 0 Å². The van der Waals surface area contributed by atoms with Crippen LogP contribution in [-0.4, -0.2) is 28.8 Å². The summed E-state index contributed by atoms with van der Waals surface area (Å²) in [5.41, 5.74) is -12.2. The fourth-order valence-electron chi connectivity index (χ4n) is 7.94. The zero-order valence-electron chi connectivity index (χ0n) is 39.7. The maximum absolute atomic E-state index is 14.4. The minimum absolute atomic E-state index is 0.886. The lowest BCUT2D eigenvalue weighted by Gasteiger charge is -2.21. The molecule has 0 unspecified atom stereocenters. The molecule has 442 valence electrons. The lowest BCUT2D eigenvalue weighted by Crippen LogP contribution is -2.60. The molecule has 9 aromatic rings. The van der Waals surface area contributed by atoms with E-state index in [1.165, 1.54) is 0 Å². The third kappa shape index (κ3) is 10.7. The van der Waals surface area contributed by atoms with Crippen LogP contribution in [0.2, 0.25) is 0 Å². The molecule has 0 bridgehead atoms. The zero-order chi connectivity index (χ0) is 63.4. The summed E-state index contributed by atoms with van der Waals surface area (Å²) in [4.78, 5) is 0. The quantitative estimate of drug-likeness (QED) is 0.0713. The van der Waals surface area contributed by atoms with E-state index in [0.29, 0.717) is 0 Å². The Morgan fingerprint density at radius 3 is 0.459 bits per heavy atom. The second-order valence-electron chi connectivity index (χ2n) is 16.5. The molecule has 0 spiro atoms. The predicted octanol–water partition coefficient (Wildman–Crippen LogP) is 11.7. The number of H-pyrrole nitrogens is 1. The van der Waals surface area contributed by atoms with Crippen molar-refractivity contribution in [2.24, 2.45) is 0 Å². The van der Waals surface area contributed by atoms with Gasteiger partial charge in [-0.1, -0.05) is 60.7 Å². The molecule has 0 aliphatic carbocycles. The molecule has 0 saturated carbocycles. The van der Waals surface area contributed by atoms with Crippen LogP contribution in [0.4, 0.5) is 132 Å². The van der Waals surface area contributed by atoms with Gasteiger partial charge >= 0.3 is 0 Å². The summed E-state index contributed by atoms with van der Waals surface area (Å²) in [6.07, 6.45) is 0. The van der Waals surface area contributed by atoms with Gasteiger partial charge in [0, 0.05) is 43.9 Å². The maximum Gasteiger partial charge on any atom is 0.265 e. The SMILES string of the molecule is Fc1c(F)c(F)c(B(c2c(F)c(F)c(F)c(F)c2F)c2c(F)c(F)c(F)c(F)c2F)c(F)c1F.Fc1c(F)c(F)c(B(c2c(F)c(F)c(F)c(F)c2F)c2c(F)c(F)c(F)c(F)c2F)c(F)c1F.c1ccc(-c2n[nH]nc2-c2ccccc2)cc1. The molecule has 8 aromatic carbocycles. The molecule has 1 N–H and O–H groups in total. The number of rotatable bonds is 8. The lowest BCUT2D eigenvalue weighted by molar-refractivity contribution is 0.380. The summed E-state index contributed by atoms with van der Waals surface area (Å²) in [5.74, 6) is -90.4. The highest BCUT2D eigenvalue weighted by atomic mass is 19.2. The van der Waals surface area contributed by atoms with Crippen LogP contribution in [0.1, 0.15) is 0 Å². The van der Waals surface area contributed by atoms with Crippen LogP contribution in [0.15, 0.2) is 60.7 Å². The van der Waals surface area contributed by atoms with Gasteiger partial charge in [0.2, 0.25) is 0 Å². The van der Waals surface area contributed by atoms with Crippen LogP contribution in [-0.2, 0) is 0 Å². The molecule has 1 aromatic heterocycles. The predicted molar refractivity (Wildman–Crippen MR) is 234 cm³/mol. The Morgan fingerprint density at radius 2 is 0.318 bits per heavy atom. The maximum atomic E-state index is 14.4. The molecule has 0 atom stereocenters. The van der Waals surface area contributed by atoms with Gasteiger partial charge in [-0.15, -0.1) is 0 Å². The fraction of sp³-hybridized carbons (Fsp3) is 0. The van der Waals surface area contributed by atoms with Crippen LogP contribution in [0.5, 0.6) is 0 Å². The third-order valence-electron chi connectivity index (χ3n) is 11.8. The summed E-state index contributed by atoms with van der Waals surface area (Å²) in [6.45, 7) is -7.92. The molecule has 85 heavy (non-hydrogen) atoms. The molecule has 0 radical (unpaired) electrons. The Bertz CT molecular complexity index is 3400. The number of benzene rings is 8. The number of halogens is 30. The first-order chi connectivity index (χ1) is 39.8. The van der Waals surface area contributed by atoms with Crippen molar-refractivity contribution in [3.63, 3.8) is 0 Å². The Hall–Kier alpha value is -9.07. The van der Waals surface area contributed by atoms with Gasteiger partial charge in [-0.25, -0.2) is 132 Å². The van der Waals surface area contributed by atoms with Crippen molar-refractivity contribution >= 4 is 46.2 Å². The molecule has 9 rings (SSSR count). The van der Waals surface area contributed by atoms with Crippen LogP contribution < -0.4 is 32.8 Å². The summed E-state index contributed by atoms with van der Waals surface area (Å²) < 4.78 is 417. The first-order valence-electron chi connectivity index (χ1n) is 21.9. The first-order valence-corrected chi connectivity index (χ1v) is 21.9. The van der Waals surface area contributed by atoms with E-state index in [1.54, 1.807) is 0 Å². The smallest absolute Gasteiger partial charge is 0.204 e. The van der Waals surface area contributed by atoms with Crippen molar-refractivity contribution in [2.45, 2.75) is 0 Å². The number of nitrogens with zero attached hydrogens (tertiary/aromatic N) is 2. The molecule has 0 fully saturated rings. The Labute approximate surface area is 450 Å². The monoisotopic (exact) mass is 1250 g/mol. The van der Waals surface area contributed by atoms with Crippen molar-refractivity contribution in [1.29, 1.82) is 0 Å². The molecular weight excluding hydrogens is 1230 g/mol.